The molecule has 0 bridgehead atoms. The van der Waals surface area contributed by atoms with Crippen molar-refractivity contribution in [3.63, 3.8) is 0 Å². The Balaban J connectivity index is 2.82. The summed E-state index contributed by atoms with van der Waals surface area (Å²) in [5.41, 5.74) is 0. The minimum absolute atomic E-state index is 0.0688. The number of rotatable bonds is 3. The predicted molar refractivity (Wildman–Crippen MR) is 57.4 cm³/mol. The van der Waals surface area contributed by atoms with Crippen LogP contribution >= 0.6 is 0 Å². The highest BCUT2D eigenvalue weighted by Gasteiger charge is 2.36. The Morgan fingerprint density at radius 2 is 1.73 bits per heavy atom. The number of hydrogen-bond donors (Lipinski definition) is 0. The monoisotopic (exact) mass is 256 g/mol. The van der Waals surface area contributed by atoms with Crippen LogP contribution in [0.1, 0.15) is 6.42 Å². The molecule has 0 N–H and O–H groups in total. The van der Waals surface area contributed by atoms with E-state index in [1.807, 2.05) is 0 Å². The van der Waals surface area contributed by atoms with Gasteiger partial charge in [-0.25, -0.2) is 8.42 Å². The molecule has 6 nitrogen and oxygen atoms in total. The second-order valence-electron chi connectivity index (χ2n) is 3.89. The normalized spacial score (nSPS) is 24.9. The van der Waals surface area contributed by atoms with Gasteiger partial charge in [0.25, 0.3) is 10.2 Å². The van der Waals surface area contributed by atoms with Crippen LogP contribution in [-0.4, -0.2) is 64.1 Å². The average Bonchev–Trinajstić information content (AvgIpc) is 2.50. The molecule has 0 aromatic rings. The van der Waals surface area contributed by atoms with E-state index in [0.29, 0.717) is 6.42 Å². The molecule has 0 aromatic carbocycles. The van der Waals surface area contributed by atoms with E-state index in [1.165, 1.54) is 18.4 Å². The van der Waals surface area contributed by atoms with E-state index < -0.39 is 25.3 Å². The molecule has 1 saturated heterocycles. The molecule has 8 heteroatoms. The maximum Gasteiger partial charge on any atom is 0.281 e. The topological polar surface area (TPSA) is 74.8 Å². The Labute approximate surface area is 91.0 Å². The van der Waals surface area contributed by atoms with Crippen molar-refractivity contribution >= 4 is 20.0 Å². The zero-order valence-electron chi connectivity index (χ0n) is 9.04. The average molecular weight is 256 g/mol. The molecule has 1 fully saturated rings. The molecule has 0 amide bonds. The van der Waals surface area contributed by atoms with Gasteiger partial charge in [0, 0.05) is 33.4 Å². The van der Waals surface area contributed by atoms with Crippen LogP contribution < -0.4 is 0 Å². The van der Waals surface area contributed by atoms with Gasteiger partial charge in [0.15, 0.2) is 9.84 Å². The van der Waals surface area contributed by atoms with E-state index in [9.17, 15) is 16.8 Å². The SMILES string of the molecule is CN(C)S(=O)(=O)N1CCC(S(C)(=O)=O)C1. The van der Waals surface area contributed by atoms with E-state index in [-0.39, 0.29) is 13.1 Å². The summed E-state index contributed by atoms with van der Waals surface area (Å²) in [6.07, 6.45) is 1.52. The number of nitrogens with zero attached hydrogens (tertiary/aromatic N) is 2. The number of hydrogen-bond acceptors (Lipinski definition) is 4. The van der Waals surface area contributed by atoms with Crippen molar-refractivity contribution in [2.75, 3.05) is 33.4 Å². The van der Waals surface area contributed by atoms with Gasteiger partial charge >= 0.3 is 0 Å². The summed E-state index contributed by atoms with van der Waals surface area (Å²) in [7, 11) is -3.75. The zero-order chi connectivity index (χ0) is 11.9. The third-order valence-corrected chi connectivity index (χ3v) is 6.00. The maximum absolute atomic E-state index is 11.7. The van der Waals surface area contributed by atoms with Gasteiger partial charge in [-0.1, -0.05) is 0 Å². The molecule has 0 saturated carbocycles. The van der Waals surface area contributed by atoms with Crippen LogP contribution in [0.25, 0.3) is 0 Å². The van der Waals surface area contributed by atoms with Crippen LogP contribution in [0.5, 0.6) is 0 Å². The summed E-state index contributed by atoms with van der Waals surface area (Å²) < 4.78 is 48.1. The highest BCUT2D eigenvalue weighted by atomic mass is 32.2. The molecule has 1 rings (SSSR count). The fraction of sp³-hybridized carbons (Fsp3) is 1.00. The lowest BCUT2D eigenvalue weighted by Crippen LogP contribution is -2.39. The summed E-state index contributed by atoms with van der Waals surface area (Å²) in [6, 6.07) is 0. The van der Waals surface area contributed by atoms with Gasteiger partial charge in [-0.15, -0.1) is 0 Å². The van der Waals surface area contributed by atoms with E-state index in [2.05, 4.69) is 0 Å². The van der Waals surface area contributed by atoms with E-state index in [1.54, 1.807) is 0 Å². The van der Waals surface area contributed by atoms with Crippen LogP contribution in [0.2, 0.25) is 0 Å². The van der Waals surface area contributed by atoms with Crippen molar-refractivity contribution in [2.45, 2.75) is 11.7 Å². The Hall–Kier alpha value is -0.180. The third-order valence-electron chi connectivity index (χ3n) is 2.50. The molecule has 0 aromatic heterocycles. The van der Waals surface area contributed by atoms with Crippen molar-refractivity contribution < 1.29 is 16.8 Å². The third kappa shape index (κ3) is 2.68. The second-order valence-corrected chi connectivity index (χ2v) is 8.36. The first-order valence-corrected chi connectivity index (χ1v) is 7.87. The minimum atomic E-state index is -3.47. The molecule has 0 aliphatic carbocycles. The van der Waals surface area contributed by atoms with Crippen molar-refractivity contribution in [1.29, 1.82) is 0 Å². The van der Waals surface area contributed by atoms with Gasteiger partial charge in [-0.2, -0.15) is 17.0 Å². The van der Waals surface area contributed by atoms with Crippen LogP contribution in [0, 0.1) is 0 Å². The smallest absolute Gasteiger partial charge is 0.229 e. The molecule has 1 aliphatic rings. The van der Waals surface area contributed by atoms with E-state index in [0.717, 1.165) is 10.6 Å². The Morgan fingerprint density at radius 1 is 1.20 bits per heavy atom. The first-order valence-electron chi connectivity index (χ1n) is 4.52. The molecule has 1 atom stereocenters. The number of sulfone groups is 1. The first-order chi connectivity index (χ1) is 6.65. The molecule has 1 aliphatic heterocycles. The van der Waals surface area contributed by atoms with Crippen LogP contribution in [0.3, 0.4) is 0 Å². The Morgan fingerprint density at radius 3 is 2.07 bits per heavy atom. The highest BCUT2D eigenvalue weighted by molar-refractivity contribution is 7.91. The highest BCUT2D eigenvalue weighted by Crippen LogP contribution is 2.19. The minimum Gasteiger partial charge on any atom is -0.229 e. The quantitative estimate of drug-likeness (QED) is 0.643. The van der Waals surface area contributed by atoms with Crippen molar-refractivity contribution in [1.82, 2.24) is 8.61 Å². The van der Waals surface area contributed by atoms with Gasteiger partial charge in [0.05, 0.1) is 5.25 Å². The van der Waals surface area contributed by atoms with E-state index in [4.69, 9.17) is 0 Å². The fourth-order valence-corrected chi connectivity index (χ4v) is 3.73. The summed E-state index contributed by atoms with van der Waals surface area (Å²) in [5.74, 6) is 0. The molecule has 15 heavy (non-hydrogen) atoms. The van der Waals surface area contributed by atoms with Gasteiger partial charge in [0.1, 0.15) is 0 Å². The van der Waals surface area contributed by atoms with Gasteiger partial charge in [0.2, 0.25) is 0 Å². The van der Waals surface area contributed by atoms with Crippen LogP contribution in [-0.2, 0) is 20.0 Å². The molecule has 1 unspecified atom stereocenters. The predicted octanol–water partition coefficient (Wildman–Crippen LogP) is -1.09. The maximum atomic E-state index is 11.7. The standard InChI is InChI=1S/C7H16N2O4S2/c1-8(2)15(12,13)9-5-4-7(6-9)14(3,10)11/h7H,4-6H2,1-3H3. The summed E-state index contributed by atoms with van der Waals surface area (Å²) in [5, 5.41) is -0.563. The Kier molecular flexibility index (Phi) is 3.44. The molecular weight excluding hydrogens is 240 g/mol. The largest absolute Gasteiger partial charge is 0.281 e. The van der Waals surface area contributed by atoms with Crippen LogP contribution in [0.15, 0.2) is 0 Å². The first kappa shape index (κ1) is 12.9. The van der Waals surface area contributed by atoms with E-state index >= 15 is 0 Å². The molecule has 0 radical (unpaired) electrons. The Bertz CT molecular complexity index is 426. The lowest BCUT2D eigenvalue weighted by Gasteiger charge is -2.20. The molecule has 0 spiro atoms. The summed E-state index contributed by atoms with van der Waals surface area (Å²) >= 11 is 0. The fourth-order valence-electron chi connectivity index (χ4n) is 1.49. The second kappa shape index (κ2) is 4.00. The van der Waals surface area contributed by atoms with Crippen molar-refractivity contribution in [2.24, 2.45) is 0 Å². The van der Waals surface area contributed by atoms with Gasteiger partial charge in [-0.3, -0.25) is 0 Å². The summed E-state index contributed by atoms with van der Waals surface area (Å²) in [4.78, 5) is 0. The lowest BCUT2D eigenvalue weighted by molar-refractivity contribution is 0.421. The lowest BCUT2D eigenvalue weighted by atomic mass is 10.4. The van der Waals surface area contributed by atoms with Gasteiger partial charge < -0.3 is 0 Å². The van der Waals surface area contributed by atoms with Crippen molar-refractivity contribution in [3.8, 4) is 0 Å². The van der Waals surface area contributed by atoms with Crippen LogP contribution in [0.4, 0.5) is 0 Å². The summed E-state index contributed by atoms with van der Waals surface area (Å²) in [6.45, 7) is 0.345. The zero-order valence-corrected chi connectivity index (χ0v) is 10.7. The van der Waals surface area contributed by atoms with Crippen molar-refractivity contribution in [3.05, 3.63) is 0 Å². The molecular formula is C7H16N2O4S2. The van der Waals surface area contributed by atoms with Gasteiger partial charge in [-0.05, 0) is 6.42 Å². The molecule has 90 valence electrons. The molecule has 1 heterocycles.